The zero-order chi connectivity index (χ0) is 12.1. The third-order valence-electron chi connectivity index (χ3n) is 4.95. The van der Waals surface area contributed by atoms with Crippen molar-refractivity contribution < 1.29 is 0 Å². The zero-order valence-corrected chi connectivity index (χ0v) is 11.8. The number of rotatable bonds is 6. The van der Waals surface area contributed by atoms with Gasteiger partial charge in [0.15, 0.2) is 0 Å². The van der Waals surface area contributed by atoms with Gasteiger partial charge in [0.2, 0.25) is 0 Å². The van der Waals surface area contributed by atoms with Crippen LogP contribution in [0.25, 0.3) is 0 Å². The lowest BCUT2D eigenvalue weighted by Crippen LogP contribution is -2.44. The van der Waals surface area contributed by atoms with Gasteiger partial charge in [0.1, 0.15) is 0 Å². The van der Waals surface area contributed by atoms with Gasteiger partial charge in [-0.3, -0.25) is 4.99 Å². The molecule has 1 heteroatoms. The molecule has 0 aliphatic heterocycles. The van der Waals surface area contributed by atoms with Crippen LogP contribution in [0.4, 0.5) is 0 Å². The van der Waals surface area contributed by atoms with Gasteiger partial charge in [-0.15, -0.1) is 0 Å². The van der Waals surface area contributed by atoms with Crippen LogP contribution in [-0.2, 0) is 0 Å². The van der Waals surface area contributed by atoms with E-state index in [4.69, 9.17) is 0 Å². The number of hydrogen-bond donors (Lipinski definition) is 0. The topological polar surface area (TPSA) is 12.4 Å². The minimum atomic E-state index is 0.297. The first-order valence-electron chi connectivity index (χ1n) is 6.41. The van der Waals surface area contributed by atoms with Crippen LogP contribution in [0.2, 0.25) is 0 Å². The van der Waals surface area contributed by atoms with Crippen LogP contribution in [0.5, 0.6) is 0 Å². The Balaban J connectivity index is 5.44. The van der Waals surface area contributed by atoms with E-state index in [1.54, 1.807) is 0 Å². The maximum absolute atomic E-state index is 4.48. The van der Waals surface area contributed by atoms with Crippen LogP contribution >= 0.6 is 0 Å². The van der Waals surface area contributed by atoms with Gasteiger partial charge in [-0.25, -0.2) is 0 Å². The smallest absolute Gasteiger partial charge is 0.0276 e. The highest BCUT2D eigenvalue weighted by atomic mass is 14.7. The van der Waals surface area contributed by atoms with Crippen molar-refractivity contribution in [1.82, 2.24) is 0 Å². The third-order valence-corrected chi connectivity index (χ3v) is 4.95. The van der Waals surface area contributed by atoms with Gasteiger partial charge in [-0.1, -0.05) is 34.6 Å². The van der Waals surface area contributed by atoms with Crippen molar-refractivity contribution in [3.63, 3.8) is 0 Å². The van der Waals surface area contributed by atoms with Crippen molar-refractivity contribution in [1.29, 1.82) is 0 Å². The molecule has 0 amide bonds. The molecular weight excluding hydrogens is 182 g/mol. The second-order valence-electron chi connectivity index (χ2n) is 4.87. The molecule has 1 nitrogen and oxygen atoms in total. The Hall–Kier alpha value is -0.330. The summed E-state index contributed by atoms with van der Waals surface area (Å²) in [5.74, 6) is 0. The Bertz CT molecular complexity index is 207. The fourth-order valence-electron chi connectivity index (χ4n) is 3.19. The Morgan fingerprint density at radius 1 is 0.933 bits per heavy atom. The van der Waals surface area contributed by atoms with Crippen molar-refractivity contribution in [2.75, 3.05) is 7.05 Å². The maximum atomic E-state index is 4.48. The van der Waals surface area contributed by atoms with Crippen LogP contribution < -0.4 is 0 Å². The highest BCUT2D eigenvalue weighted by molar-refractivity contribution is 5.88. The van der Waals surface area contributed by atoms with Crippen LogP contribution in [-0.4, -0.2) is 12.8 Å². The van der Waals surface area contributed by atoms with Crippen LogP contribution in [0.15, 0.2) is 4.99 Å². The summed E-state index contributed by atoms with van der Waals surface area (Å²) in [6, 6.07) is 0. The second-order valence-corrected chi connectivity index (χ2v) is 4.87. The summed E-state index contributed by atoms with van der Waals surface area (Å²) in [5, 5.41) is 0. The quantitative estimate of drug-likeness (QED) is 0.564. The molecule has 15 heavy (non-hydrogen) atoms. The Morgan fingerprint density at radius 3 is 1.53 bits per heavy atom. The molecule has 0 aliphatic rings. The molecule has 0 aliphatic carbocycles. The van der Waals surface area contributed by atoms with Gasteiger partial charge in [-0.05, 0) is 38.0 Å². The van der Waals surface area contributed by atoms with E-state index in [2.05, 4.69) is 46.5 Å². The van der Waals surface area contributed by atoms with Crippen LogP contribution in [0.1, 0.15) is 67.2 Å². The molecule has 0 N–H and O–H groups in total. The van der Waals surface area contributed by atoms with Crippen molar-refractivity contribution >= 4 is 5.71 Å². The largest absolute Gasteiger partial charge is 0.297 e. The molecule has 0 aromatic heterocycles. The number of hydrogen-bond acceptors (Lipinski definition) is 1. The molecular formula is C14H29N. The predicted molar refractivity (Wildman–Crippen MR) is 70.7 cm³/mol. The minimum Gasteiger partial charge on any atom is -0.297 e. The average Bonchev–Trinajstić information content (AvgIpc) is 2.30. The first-order valence-corrected chi connectivity index (χ1v) is 6.41. The van der Waals surface area contributed by atoms with Gasteiger partial charge in [0.05, 0.1) is 0 Å². The van der Waals surface area contributed by atoms with E-state index in [0.29, 0.717) is 10.8 Å². The SMILES string of the molecule is CCC(C)(CC)C(CC)(CC)C(C)=NC. The van der Waals surface area contributed by atoms with E-state index < -0.39 is 0 Å². The molecule has 0 atom stereocenters. The Labute approximate surface area is 96.4 Å². The first-order chi connectivity index (χ1) is 6.97. The maximum Gasteiger partial charge on any atom is 0.0276 e. The molecule has 0 saturated heterocycles. The monoisotopic (exact) mass is 211 g/mol. The summed E-state index contributed by atoms with van der Waals surface area (Å²) in [4.78, 5) is 4.48. The Morgan fingerprint density at radius 2 is 1.33 bits per heavy atom. The van der Waals surface area contributed by atoms with Gasteiger partial charge in [0.25, 0.3) is 0 Å². The standard InChI is InChI=1S/C14H29N/c1-8-13(6,9-2)14(10-3,11-4)12(5)15-7/h8-11H2,1-7H3. The molecule has 0 rings (SSSR count). The highest BCUT2D eigenvalue weighted by Gasteiger charge is 2.44. The zero-order valence-electron chi connectivity index (χ0n) is 11.8. The number of nitrogens with zero attached hydrogens (tertiary/aromatic N) is 1. The summed E-state index contributed by atoms with van der Waals surface area (Å²) >= 11 is 0. The lowest BCUT2D eigenvalue weighted by atomic mass is 9.56. The molecule has 90 valence electrons. The van der Waals surface area contributed by atoms with Gasteiger partial charge in [-0.2, -0.15) is 0 Å². The second kappa shape index (κ2) is 5.67. The summed E-state index contributed by atoms with van der Waals surface area (Å²) in [5.41, 5.74) is 2.02. The molecule has 0 bridgehead atoms. The molecule has 0 saturated carbocycles. The fraction of sp³-hybridized carbons (Fsp3) is 0.929. The first kappa shape index (κ1) is 14.7. The average molecular weight is 211 g/mol. The lowest BCUT2D eigenvalue weighted by Gasteiger charge is -2.48. The van der Waals surface area contributed by atoms with E-state index in [9.17, 15) is 0 Å². The van der Waals surface area contributed by atoms with E-state index in [-0.39, 0.29) is 0 Å². The lowest BCUT2D eigenvalue weighted by molar-refractivity contribution is 0.0992. The fourth-order valence-corrected chi connectivity index (χ4v) is 3.19. The van der Waals surface area contributed by atoms with E-state index >= 15 is 0 Å². The summed E-state index contributed by atoms with van der Waals surface area (Å²) < 4.78 is 0. The predicted octanol–water partition coefficient (Wildman–Crippen LogP) is 4.71. The molecule has 0 fully saturated rings. The van der Waals surface area contributed by atoms with Gasteiger partial charge >= 0.3 is 0 Å². The van der Waals surface area contributed by atoms with Crippen molar-refractivity contribution in [3.8, 4) is 0 Å². The van der Waals surface area contributed by atoms with E-state index in [1.165, 1.54) is 31.4 Å². The number of aliphatic imine (C=N–C) groups is 1. The molecule has 0 radical (unpaired) electrons. The van der Waals surface area contributed by atoms with Crippen LogP contribution in [0.3, 0.4) is 0 Å². The van der Waals surface area contributed by atoms with Gasteiger partial charge in [0, 0.05) is 18.2 Å². The van der Waals surface area contributed by atoms with Gasteiger partial charge < -0.3 is 0 Å². The van der Waals surface area contributed by atoms with E-state index in [1.807, 2.05) is 7.05 Å². The third kappa shape index (κ3) is 2.26. The minimum absolute atomic E-state index is 0.297. The molecule has 0 aromatic rings. The normalized spacial score (nSPS) is 14.5. The highest BCUT2D eigenvalue weighted by Crippen LogP contribution is 2.50. The molecule has 0 spiro atoms. The summed E-state index contributed by atoms with van der Waals surface area (Å²) in [6.45, 7) is 13.9. The Kier molecular flexibility index (Phi) is 5.55. The van der Waals surface area contributed by atoms with Crippen molar-refractivity contribution in [3.05, 3.63) is 0 Å². The van der Waals surface area contributed by atoms with E-state index in [0.717, 1.165) is 0 Å². The molecule has 0 aromatic carbocycles. The summed E-state index contributed by atoms with van der Waals surface area (Å²) in [7, 11) is 1.93. The molecule has 0 heterocycles. The van der Waals surface area contributed by atoms with Crippen molar-refractivity contribution in [2.24, 2.45) is 15.8 Å². The van der Waals surface area contributed by atoms with Crippen LogP contribution in [0, 0.1) is 10.8 Å². The van der Waals surface area contributed by atoms with Crippen molar-refractivity contribution in [2.45, 2.75) is 67.2 Å². The molecule has 0 unspecified atom stereocenters. The summed E-state index contributed by atoms with van der Waals surface area (Å²) in [6.07, 6.45) is 4.87.